The third-order valence-electron chi connectivity index (χ3n) is 7.50. The second kappa shape index (κ2) is 11.0. The minimum Gasteiger partial charge on any atom is -0.488 e. The summed E-state index contributed by atoms with van der Waals surface area (Å²) in [6, 6.07) is 11.1. The van der Waals surface area contributed by atoms with Crippen LogP contribution >= 0.6 is 0 Å². The first-order valence-corrected chi connectivity index (χ1v) is 15.2. The van der Waals surface area contributed by atoms with Crippen molar-refractivity contribution in [3.63, 3.8) is 0 Å². The Hall–Kier alpha value is -2.85. The van der Waals surface area contributed by atoms with E-state index in [9.17, 15) is 13.2 Å². The van der Waals surface area contributed by atoms with E-state index in [0.29, 0.717) is 24.7 Å². The summed E-state index contributed by atoms with van der Waals surface area (Å²) >= 11 is 0. The normalized spacial score (nSPS) is 22.0. The van der Waals surface area contributed by atoms with Crippen LogP contribution in [-0.2, 0) is 10.2 Å². The number of hydrogen-bond acceptors (Lipinski definition) is 7. The van der Waals surface area contributed by atoms with Gasteiger partial charge in [0.2, 0.25) is 0 Å². The zero-order valence-corrected chi connectivity index (χ0v) is 25.1. The summed E-state index contributed by atoms with van der Waals surface area (Å²) in [5.41, 5.74) is 0.789. The Labute approximate surface area is 233 Å². The Morgan fingerprint density at radius 2 is 1.85 bits per heavy atom. The number of carbonyl (C=O) groups is 1. The van der Waals surface area contributed by atoms with Gasteiger partial charge in [0.05, 0.1) is 5.56 Å². The molecule has 1 amide bonds. The van der Waals surface area contributed by atoms with Crippen molar-refractivity contribution < 1.29 is 17.9 Å². The van der Waals surface area contributed by atoms with E-state index in [1.807, 2.05) is 52.1 Å². The molecule has 2 aromatic rings. The second-order valence-electron chi connectivity index (χ2n) is 12.5. The molecule has 1 N–H and O–H groups in total. The molecule has 0 aliphatic carbocycles. The number of carbonyl (C=O) groups excluding carboxylic acids is 1. The number of ether oxygens (including phenoxy) is 1. The topological polar surface area (TPSA) is 95.1 Å². The van der Waals surface area contributed by atoms with Gasteiger partial charge in [-0.1, -0.05) is 6.92 Å². The lowest BCUT2D eigenvalue weighted by Crippen LogP contribution is -2.53. The fourth-order valence-corrected chi connectivity index (χ4v) is 6.97. The van der Waals surface area contributed by atoms with Crippen LogP contribution in [0.5, 0.6) is 5.75 Å². The minimum atomic E-state index is -4.05. The maximum absolute atomic E-state index is 13.4. The first-order valence-electron chi connectivity index (χ1n) is 13.7. The highest BCUT2D eigenvalue weighted by molar-refractivity contribution is 7.87. The summed E-state index contributed by atoms with van der Waals surface area (Å²) < 4.78 is 36.4. The van der Waals surface area contributed by atoms with Crippen molar-refractivity contribution in [2.24, 2.45) is 5.92 Å². The van der Waals surface area contributed by atoms with Gasteiger partial charge in [0.1, 0.15) is 17.2 Å². The molecule has 0 spiro atoms. The molecule has 2 saturated heterocycles. The first kappa shape index (κ1) is 29.1. The van der Waals surface area contributed by atoms with Crippen LogP contribution in [0.2, 0.25) is 0 Å². The van der Waals surface area contributed by atoms with E-state index in [0.717, 1.165) is 30.8 Å². The van der Waals surface area contributed by atoms with Crippen LogP contribution in [0.4, 0.5) is 11.5 Å². The molecule has 4 rings (SSSR count). The van der Waals surface area contributed by atoms with Gasteiger partial charge in [-0.2, -0.15) is 12.7 Å². The summed E-state index contributed by atoms with van der Waals surface area (Å²) in [5, 5.41) is 0. The van der Waals surface area contributed by atoms with Crippen molar-refractivity contribution in [2.45, 2.75) is 78.0 Å². The fraction of sp³-hybridized carbons (Fsp3) is 0.586. The molecule has 10 heteroatoms. The number of hydrogen-bond donors (Lipinski definition) is 1. The summed E-state index contributed by atoms with van der Waals surface area (Å²) in [7, 11) is -2.07. The molecule has 1 aromatic heterocycles. The van der Waals surface area contributed by atoms with Crippen LogP contribution in [0.3, 0.4) is 0 Å². The van der Waals surface area contributed by atoms with Gasteiger partial charge in [0.25, 0.3) is 5.91 Å². The highest BCUT2D eigenvalue weighted by atomic mass is 32.2. The Morgan fingerprint density at radius 1 is 1.15 bits per heavy atom. The predicted octanol–water partition coefficient (Wildman–Crippen LogP) is 4.46. The Morgan fingerprint density at radius 3 is 2.46 bits per heavy atom. The number of benzene rings is 1. The maximum atomic E-state index is 13.4. The summed E-state index contributed by atoms with van der Waals surface area (Å²) in [6.07, 6.45) is 4.17. The molecule has 3 heterocycles. The third kappa shape index (κ3) is 6.84. The molecule has 0 bridgehead atoms. The number of pyridine rings is 1. The number of likely N-dealkylation sites (N-methyl/N-ethyl adjacent to an activating group) is 1. The second-order valence-corrected chi connectivity index (χ2v) is 14.2. The fourth-order valence-electron chi connectivity index (χ4n) is 5.75. The van der Waals surface area contributed by atoms with Crippen molar-refractivity contribution in [1.82, 2.24) is 14.0 Å². The van der Waals surface area contributed by atoms with E-state index in [-0.39, 0.29) is 29.3 Å². The van der Waals surface area contributed by atoms with Crippen molar-refractivity contribution >= 4 is 27.6 Å². The lowest BCUT2D eigenvalue weighted by atomic mass is 9.97. The molecule has 39 heavy (non-hydrogen) atoms. The molecular formula is C29H43N5O4S. The third-order valence-corrected chi connectivity index (χ3v) is 8.95. The number of anilines is 2. The molecule has 214 valence electrons. The summed E-state index contributed by atoms with van der Waals surface area (Å²) in [4.78, 5) is 22.0. The number of piperidine rings is 1. The lowest BCUT2D eigenvalue weighted by Gasteiger charge is -2.38. The van der Waals surface area contributed by atoms with Crippen molar-refractivity contribution in [2.75, 3.05) is 36.5 Å². The van der Waals surface area contributed by atoms with E-state index in [1.165, 1.54) is 4.31 Å². The average Bonchev–Trinajstić information content (AvgIpc) is 3.14. The van der Waals surface area contributed by atoms with Crippen LogP contribution in [0.1, 0.15) is 71.2 Å². The highest BCUT2D eigenvalue weighted by Crippen LogP contribution is 2.37. The lowest BCUT2D eigenvalue weighted by molar-refractivity contribution is 0.0978. The Kier molecular flexibility index (Phi) is 8.19. The molecule has 9 nitrogen and oxygen atoms in total. The quantitative estimate of drug-likeness (QED) is 0.537. The predicted molar refractivity (Wildman–Crippen MR) is 156 cm³/mol. The summed E-state index contributed by atoms with van der Waals surface area (Å²) in [6.45, 7) is 13.9. The van der Waals surface area contributed by atoms with Gasteiger partial charge in [0, 0.05) is 50.1 Å². The van der Waals surface area contributed by atoms with E-state index in [1.54, 1.807) is 18.3 Å². The SMILES string of the molecule is C[C@@H]1CN(c2ncccc2C(=O)NS(=O)(=O)N2CCCC(N(C)c3ccc(OC(C)(C)C)cc3)C2)C(C)(C)C1. The van der Waals surface area contributed by atoms with Crippen LogP contribution in [0.15, 0.2) is 42.6 Å². The largest absolute Gasteiger partial charge is 0.488 e. The molecule has 1 aromatic carbocycles. The molecule has 2 fully saturated rings. The zero-order chi connectivity index (χ0) is 28.6. The molecule has 1 unspecified atom stereocenters. The number of amides is 1. The van der Waals surface area contributed by atoms with E-state index in [4.69, 9.17) is 4.74 Å². The smallest absolute Gasteiger partial charge is 0.304 e. The van der Waals surface area contributed by atoms with Crippen LogP contribution in [0.25, 0.3) is 0 Å². The van der Waals surface area contributed by atoms with Gasteiger partial charge < -0.3 is 14.5 Å². The maximum Gasteiger partial charge on any atom is 0.304 e. The van der Waals surface area contributed by atoms with Gasteiger partial charge in [-0.15, -0.1) is 0 Å². The number of nitrogens with zero attached hydrogens (tertiary/aromatic N) is 4. The van der Waals surface area contributed by atoms with Crippen molar-refractivity contribution in [3.8, 4) is 5.75 Å². The van der Waals surface area contributed by atoms with E-state index < -0.39 is 16.1 Å². The number of aromatic nitrogens is 1. The van der Waals surface area contributed by atoms with E-state index in [2.05, 4.69) is 40.3 Å². The van der Waals surface area contributed by atoms with Crippen molar-refractivity contribution in [1.29, 1.82) is 0 Å². The molecular weight excluding hydrogens is 514 g/mol. The molecule has 2 aliphatic rings. The molecule has 2 aliphatic heterocycles. The number of rotatable bonds is 7. The van der Waals surface area contributed by atoms with Gasteiger partial charge in [0.15, 0.2) is 0 Å². The molecule has 0 saturated carbocycles. The average molecular weight is 558 g/mol. The zero-order valence-electron chi connectivity index (χ0n) is 24.3. The minimum absolute atomic E-state index is 0.0272. The number of nitrogens with one attached hydrogen (secondary N) is 1. The van der Waals surface area contributed by atoms with Gasteiger partial charge >= 0.3 is 10.2 Å². The molecule has 2 atom stereocenters. The first-order chi connectivity index (χ1) is 18.2. The summed E-state index contributed by atoms with van der Waals surface area (Å²) in [5.74, 6) is 1.11. The van der Waals surface area contributed by atoms with Gasteiger partial charge in [-0.3, -0.25) is 4.79 Å². The highest BCUT2D eigenvalue weighted by Gasteiger charge is 2.39. The monoisotopic (exact) mass is 557 g/mol. The van der Waals surface area contributed by atoms with E-state index >= 15 is 0 Å². The van der Waals surface area contributed by atoms with Crippen LogP contribution < -0.4 is 19.3 Å². The molecule has 0 radical (unpaired) electrons. The van der Waals surface area contributed by atoms with Crippen LogP contribution in [0, 0.1) is 5.92 Å². The van der Waals surface area contributed by atoms with Gasteiger partial charge in [-0.25, -0.2) is 9.71 Å². The van der Waals surface area contributed by atoms with Gasteiger partial charge in [-0.05, 0) is 96.2 Å². The van der Waals surface area contributed by atoms with Crippen molar-refractivity contribution in [3.05, 3.63) is 48.2 Å². The van der Waals surface area contributed by atoms with Crippen LogP contribution in [-0.4, -0.2) is 67.5 Å². The Bertz CT molecular complexity index is 1270. The Balaban J connectivity index is 1.45. The standard InChI is InChI=1S/C29H43N5O4S/c1-21-18-29(5,6)34(19-21)26-25(11-8-16-30-26)27(35)31-39(36,37)33-17-9-10-23(20-33)32(7)22-12-14-24(15-13-22)38-28(2,3)4/h8,11-16,21,23H,9-10,17-20H2,1-7H3,(H,31,35)/t21-,23?/m0/s1.